The summed E-state index contributed by atoms with van der Waals surface area (Å²) in [6, 6.07) is -2.55. The van der Waals surface area contributed by atoms with Crippen LogP contribution in [-0.4, -0.2) is 190 Å². The molecule has 0 aromatic rings. The van der Waals surface area contributed by atoms with E-state index in [1.807, 2.05) is 0 Å². The fourth-order valence-corrected chi connectivity index (χ4v) is 4.69. The molecule has 0 rings (SSSR count). The van der Waals surface area contributed by atoms with Crippen LogP contribution in [-0.2, 0) is 62.1 Å². The van der Waals surface area contributed by atoms with Gasteiger partial charge in [0.2, 0.25) is 41.4 Å². The van der Waals surface area contributed by atoms with Crippen LogP contribution in [0.3, 0.4) is 0 Å². The first-order chi connectivity index (χ1) is 27.2. The molecular weight excluding hydrogens is 873 g/mol. The first-order valence-corrected chi connectivity index (χ1v) is 19.8. The van der Waals surface area contributed by atoms with Crippen molar-refractivity contribution in [3.8, 4) is 0 Å². The molecule has 0 radical (unpaired) electrons. The Kier molecular flexibility index (Phi) is 31.9. The maximum absolute atomic E-state index is 12.8. The zero-order valence-electron chi connectivity index (χ0n) is 31.3. The fourth-order valence-electron chi connectivity index (χ4n) is 4.23. The molecule has 0 saturated heterocycles. The molecule has 7 amide bonds. The lowest BCUT2D eigenvalue weighted by Gasteiger charge is -2.23. The summed E-state index contributed by atoms with van der Waals surface area (Å²) in [7, 11) is 0. The van der Waals surface area contributed by atoms with Crippen molar-refractivity contribution in [3.05, 3.63) is 0 Å². The minimum atomic E-state index is -1.33. The molecule has 57 heavy (non-hydrogen) atoms. The maximum atomic E-state index is 12.8. The van der Waals surface area contributed by atoms with Gasteiger partial charge in [-0.15, -0.1) is 23.2 Å². The Labute approximate surface area is 347 Å². The number of carbonyl (C=O) groups is 9. The molecule has 0 heterocycles. The molecule has 25 heteroatoms. The summed E-state index contributed by atoms with van der Waals surface area (Å²) in [5.41, 5.74) is 0. The van der Waals surface area contributed by atoms with E-state index in [9.17, 15) is 48.3 Å². The first-order valence-electron chi connectivity index (χ1n) is 17.6. The molecule has 0 aromatic heterocycles. The minimum Gasteiger partial charge on any atom is -0.481 e. The predicted octanol–water partition coefficient (Wildman–Crippen LogP) is -3.08. The smallest absolute Gasteiger partial charge is 0.326 e. The predicted molar refractivity (Wildman–Crippen MR) is 205 cm³/mol. The number of amides is 7. The highest BCUT2D eigenvalue weighted by Crippen LogP contribution is 2.01. The molecular formula is C32H52BrCl2N7O15. The highest BCUT2D eigenvalue weighted by molar-refractivity contribution is 9.09. The average Bonchev–Trinajstić information content (AvgIpc) is 3.18. The topological polar surface area (TPSA) is 306 Å². The SMILES string of the molecule is O=C(O)CC[C@H](NC(=O)COCCOCCNC(=O)CC[C@@H](NC(=O)COCCOCCNC(=O)CBr)C(=O)O)C(=O)NCCN(CCNC(=O)CCl)C(=O)CCl. The van der Waals surface area contributed by atoms with Gasteiger partial charge < -0.3 is 66.0 Å². The number of carboxylic acids is 2. The lowest BCUT2D eigenvalue weighted by atomic mass is 10.1. The standard InChI is InChI=1S/C32H52BrCl2N7O15/c33-17-25(44)38-8-12-55-14-16-57-21-28(47)41-23(32(52)53)1-3-24(43)37-7-11-54-13-15-56-20-27(46)40-22(2-4-30(49)50)31(51)39-6-10-42(29(48)19-35)9-5-36-26(45)18-34/h22-23H,1-21H2,(H,36,45)(H,37,43)(H,38,44)(H,39,51)(H,40,46)(H,41,47)(H,49,50)(H,52,53)/t22-,23+/m0/s1. The first kappa shape index (κ1) is 53.1. The van der Waals surface area contributed by atoms with Crippen LogP contribution in [0.5, 0.6) is 0 Å². The second-order valence-corrected chi connectivity index (χ2v) is 12.6. The maximum Gasteiger partial charge on any atom is 0.326 e. The molecule has 0 aliphatic carbocycles. The number of alkyl halides is 3. The molecule has 0 saturated carbocycles. The summed E-state index contributed by atoms with van der Waals surface area (Å²) >= 11 is 14.1. The molecule has 0 aliphatic heterocycles. The van der Waals surface area contributed by atoms with Crippen LogP contribution >= 0.6 is 39.1 Å². The molecule has 22 nitrogen and oxygen atoms in total. The molecule has 0 aromatic carbocycles. The molecule has 2 atom stereocenters. The Morgan fingerprint density at radius 1 is 0.561 bits per heavy atom. The number of nitrogens with one attached hydrogen (secondary N) is 6. The summed E-state index contributed by atoms with van der Waals surface area (Å²) in [6.45, 7) is 0.134. The second-order valence-electron chi connectivity index (χ2n) is 11.5. The van der Waals surface area contributed by atoms with Gasteiger partial charge in [0.05, 0.1) is 45.0 Å². The van der Waals surface area contributed by atoms with Gasteiger partial charge in [0.25, 0.3) is 0 Å². The molecule has 0 spiro atoms. The third-order valence-corrected chi connectivity index (χ3v) is 8.01. The van der Waals surface area contributed by atoms with Crippen molar-refractivity contribution in [2.45, 2.75) is 37.8 Å². The van der Waals surface area contributed by atoms with Crippen LogP contribution in [0.15, 0.2) is 0 Å². The van der Waals surface area contributed by atoms with Gasteiger partial charge >= 0.3 is 11.9 Å². The van der Waals surface area contributed by atoms with E-state index in [0.29, 0.717) is 6.54 Å². The van der Waals surface area contributed by atoms with Gasteiger partial charge in [0.1, 0.15) is 37.1 Å². The van der Waals surface area contributed by atoms with E-state index in [-0.39, 0.29) is 115 Å². The van der Waals surface area contributed by atoms with E-state index in [1.54, 1.807) is 0 Å². The number of halogens is 3. The number of hydrogen-bond donors (Lipinski definition) is 8. The van der Waals surface area contributed by atoms with Crippen LogP contribution < -0.4 is 31.9 Å². The molecule has 0 bridgehead atoms. The summed E-state index contributed by atoms with van der Waals surface area (Å²) in [5.74, 6) is -6.74. The largest absolute Gasteiger partial charge is 0.481 e. The lowest BCUT2D eigenvalue weighted by Crippen LogP contribution is -2.50. The van der Waals surface area contributed by atoms with Gasteiger partial charge in [0.15, 0.2) is 0 Å². The van der Waals surface area contributed by atoms with Crippen LogP contribution in [0, 0.1) is 0 Å². The molecule has 0 unspecified atom stereocenters. The van der Waals surface area contributed by atoms with Crippen molar-refractivity contribution < 1.29 is 72.3 Å². The Hall–Kier alpha value is -3.87. The molecule has 8 N–H and O–H groups in total. The number of rotatable bonds is 35. The van der Waals surface area contributed by atoms with E-state index in [1.165, 1.54) is 4.90 Å². The number of aliphatic carboxylic acids is 2. The van der Waals surface area contributed by atoms with Gasteiger partial charge in [-0.3, -0.25) is 38.4 Å². The second kappa shape index (κ2) is 34.2. The third-order valence-electron chi connectivity index (χ3n) is 7.03. The van der Waals surface area contributed by atoms with E-state index in [2.05, 4.69) is 47.8 Å². The van der Waals surface area contributed by atoms with Crippen molar-refractivity contribution in [2.24, 2.45) is 0 Å². The zero-order chi connectivity index (χ0) is 42.8. The number of carbonyl (C=O) groups excluding carboxylic acids is 7. The van der Waals surface area contributed by atoms with Crippen molar-refractivity contribution in [1.82, 2.24) is 36.8 Å². The zero-order valence-corrected chi connectivity index (χ0v) is 34.4. The van der Waals surface area contributed by atoms with E-state index >= 15 is 0 Å². The summed E-state index contributed by atoms with van der Waals surface area (Å²) in [6.07, 6.45) is -1.04. The van der Waals surface area contributed by atoms with Crippen LogP contribution in [0.2, 0.25) is 0 Å². The van der Waals surface area contributed by atoms with E-state index in [0.717, 1.165) is 0 Å². The lowest BCUT2D eigenvalue weighted by molar-refractivity contribution is -0.143. The summed E-state index contributed by atoms with van der Waals surface area (Å²) < 4.78 is 20.9. The monoisotopic (exact) mass is 923 g/mol. The van der Waals surface area contributed by atoms with Gasteiger partial charge in [-0.1, -0.05) is 15.9 Å². The van der Waals surface area contributed by atoms with Crippen LogP contribution in [0.1, 0.15) is 25.7 Å². The summed E-state index contributed by atoms with van der Waals surface area (Å²) in [5, 5.41) is 33.5. The third kappa shape index (κ3) is 30.0. The molecule has 0 fully saturated rings. The van der Waals surface area contributed by atoms with Gasteiger partial charge in [-0.25, -0.2) is 4.79 Å². The van der Waals surface area contributed by atoms with Gasteiger partial charge in [-0.2, -0.15) is 0 Å². The van der Waals surface area contributed by atoms with Gasteiger partial charge in [-0.05, 0) is 12.8 Å². The minimum absolute atomic E-state index is 0.0179. The van der Waals surface area contributed by atoms with Gasteiger partial charge in [0, 0.05) is 52.1 Å². The van der Waals surface area contributed by atoms with E-state index < -0.39 is 79.1 Å². The highest BCUT2D eigenvalue weighted by Gasteiger charge is 2.23. The highest BCUT2D eigenvalue weighted by atomic mass is 79.9. The fraction of sp³-hybridized carbons (Fsp3) is 0.719. The Bertz CT molecular complexity index is 1290. The van der Waals surface area contributed by atoms with Crippen molar-refractivity contribution in [3.63, 3.8) is 0 Å². The average molecular weight is 926 g/mol. The Balaban J connectivity index is 4.35. The summed E-state index contributed by atoms with van der Waals surface area (Å²) in [4.78, 5) is 108. The number of ether oxygens (including phenoxy) is 4. The normalized spacial score (nSPS) is 11.7. The number of hydrogen-bond acceptors (Lipinski definition) is 13. The van der Waals surface area contributed by atoms with Crippen molar-refractivity contribution in [1.29, 1.82) is 0 Å². The van der Waals surface area contributed by atoms with E-state index in [4.69, 9.17) is 47.3 Å². The van der Waals surface area contributed by atoms with Crippen LogP contribution in [0.4, 0.5) is 0 Å². The van der Waals surface area contributed by atoms with Crippen molar-refractivity contribution in [2.75, 3.05) is 109 Å². The number of nitrogens with zero attached hydrogens (tertiary/aromatic N) is 1. The molecule has 326 valence electrons. The Morgan fingerprint density at radius 3 is 1.56 bits per heavy atom. The number of carboxylic acid groups (broad SMARTS) is 2. The Morgan fingerprint density at radius 2 is 1.05 bits per heavy atom. The molecule has 0 aliphatic rings. The quantitative estimate of drug-likeness (QED) is 0.0231. The van der Waals surface area contributed by atoms with Crippen LogP contribution in [0.25, 0.3) is 0 Å². The van der Waals surface area contributed by atoms with Crippen molar-refractivity contribution >= 4 is 92.4 Å².